The SMILES string of the molecule is COC(=O)C(CNC(=O)C(CSC(C)=O)Cc1ccccc1)c1ccc2ccccc2c1. The van der Waals surface area contributed by atoms with Crippen molar-refractivity contribution in [1.82, 2.24) is 5.32 Å². The third-order valence-corrected chi connectivity index (χ3v) is 6.30. The fourth-order valence-corrected chi connectivity index (χ4v) is 4.30. The topological polar surface area (TPSA) is 72.5 Å². The number of rotatable bonds is 9. The van der Waals surface area contributed by atoms with Gasteiger partial charge in [-0.1, -0.05) is 84.6 Å². The lowest BCUT2D eigenvalue weighted by atomic mass is 9.95. The normalized spacial score (nSPS) is 12.7. The van der Waals surface area contributed by atoms with Crippen LogP contribution in [0.4, 0.5) is 0 Å². The van der Waals surface area contributed by atoms with Gasteiger partial charge in [0.15, 0.2) is 5.12 Å². The van der Waals surface area contributed by atoms with Crippen molar-refractivity contribution < 1.29 is 19.1 Å². The number of methoxy groups -OCH3 is 1. The molecule has 0 radical (unpaired) electrons. The summed E-state index contributed by atoms with van der Waals surface area (Å²) in [5, 5.41) is 4.99. The molecule has 0 saturated heterocycles. The zero-order valence-corrected chi connectivity index (χ0v) is 19.1. The Morgan fingerprint density at radius 3 is 2.31 bits per heavy atom. The highest BCUT2D eigenvalue weighted by Gasteiger charge is 2.25. The van der Waals surface area contributed by atoms with E-state index in [2.05, 4.69) is 5.32 Å². The third-order valence-electron chi connectivity index (χ3n) is 5.33. The van der Waals surface area contributed by atoms with Crippen molar-refractivity contribution in [3.05, 3.63) is 83.9 Å². The van der Waals surface area contributed by atoms with Crippen molar-refractivity contribution >= 4 is 39.5 Å². The molecule has 5 nitrogen and oxygen atoms in total. The Labute approximate surface area is 192 Å². The number of benzene rings is 3. The number of amides is 1. The largest absolute Gasteiger partial charge is 0.468 e. The minimum absolute atomic E-state index is 0.0283. The van der Waals surface area contributed by atoms with Gasteiger partial charge in [-0.15, -0.1) is 0 Å². The highest BCUT2D eigenvalue weighted by molar-refractivity contribution is 8.13. The molecule has 2 atom stereocenters. The molecule has 0 heterocycles. The molecule has 1 N–H and O–H groups in total. The Bertz CT molecular complexity index is 1080. The molecular weight excluding hydrogens is 422 g/mol. The summed E-state index contributed by atoms with van der Waals surface area (Å²) in [5.41, 5.74) is 1.81. The van der Waals surface area contributed by atoms with E-state index < -0.39 is 11.9 Å². The van der Waals surface area contributed by atoms with Crippen molar-refractivity contribution in [2.75, 3.05) is 19.4 Å². The average molecular weight is 450 g/mol. The van der Waals surface area contributed by atoms with Gasteiger partial charge in [0.2, 0.25) is 5.91 Å². The van der Waals surface area contributed by atoms with E-state index in [4.69, 9.17) is 4.74 Å². The highest BCUT2D eigenvalue weighted by atomic mass is 32.2. The van der Waals surface area contributed by atoms with E-state index >= 15 is 0 Å². The molecule has 6 heteroatoms. The van der Waals surface area contributed by atoms with Gasteiger partial charge in [-0.25, -0.2) is 0 Å². The number of carbonyl (C=O) groups is 3. The molecule has 0 spiro atoms. The predicted octanol–water partition coefficient (Wildman–Crippen LogP) is 4.35. The second-order valence-corrected chi connectivity index (χ2v) is 8.81. The maximum Gasteiger partial charge on any atom is 0.314 e. The predicted molar refractivity (Wildman–Crippen MR) is 128 cm³/mol. The van der Waals surface area contributed by atoms with Crippen LogP contribution in [0.1, 0.15) is 24.0 Å². The first kappa shape index (κ1) is 23.5. The molecule has 2 unspecified atom stereocenters. The third kappa shape index (κ3) is 6.44. The van der Waals surface area contributed by atoms with Crippen LogP contribution in [0, 0.1) is 5.92 Å². The first-order valence-electron chi connectivity index (χ1n) is 10.5. The molecule has 3 rings (SSSR count). The Hall–Kier alpha value is -3.12. The maximum atomic E-state index is 13.0. The van der Waals surface area contributed by atoms with Crippen molar-refractivity contribution in [2.24, 2.45) is 5.92 Å². The smallest absolute Gasteiger partial charge is 0.314 e. The minimum atomic E-state index is -0.619. The summed E-state index contributed by atoms with van der Waals surface area (Å²) < 4.78 is 5.01. The fourth-order valence-electron chi connectivity index (χ4n) is 3.59. The van der Waals surface area contributed by atoms with Crippen molar-refractivity contribution in [1.29, 1.82) is 0 Å². The first-order chi connectivity index (χ1) is 15.5. The van der Waals surface area contributed by atoms with E-state index in [0.29, 0.717) is 12.2 Å². The van der Waals surface area contributed by atoms with Gasteiger partial charge in [-0.3, -0.25) is 14.4 Å². The Balaban J connectivity index is 1.75. The number of thioether (sulfide) groups is 1. The number of hydrogen-bond acceptors (Lipinski definition) is 5. The number of ether oxygens (including phenoxy) is 1. The summed E-state index contributed by atoms with van der Waals surface area (Å²) in [6.45, 7) is 1.62. The zero-order valence-electron chi connectivity index (χ0n) is 18.2. The van der Waals surface area contributed by atoms with Gasteiger partial charge < -0.3 is 10.1 Å². The van der Waals surface area contributed by atoms with Gasteiger partial charge in [-0.2, -0.15) is 0 Å². The lowest BCUT2D eigenvalue weighted by Gasteiger charge is -2.20. The summed E-state index contributed by atoms with van der Waals surface area (Å²) in [5.74, 6) is -1.21. The first-order valence-corrected chi connectivity index (χ1v) is 11.5. The molecule has 166 valence electrons. The lowest BCUT2D eigenvalue weighted by molar-refractivity contribution is -0.142. The average Bonchev–Trinajstić information content (AvgIpc) is 2.81. The molecule has 1 amide bonds. The summed E-state index contributed by atoms with van der Waals surface area (Å²) >= 11 is 1.14. The summed E-state index contributed by atoms with van der Waals surface area (Å²) in [6, 6.07) is 23.4. The summed E-state index contributed by atoms with van der Waals surface area (Å²) in [4.78, 5) is 37.0. The van der Waals surface area contributed by atoms with E-state index in [1.54, 1.807) is 0 Å². The lowest BCUT2D eigenvalue weighted by Crippen LogP contribution is -2.38. The molecule has 0 fully saturated rings. The highest BCUT2D eigenvalue weighted by Crippen LogP contribution is 2.23. The summed E-state index contributed by atoms with van der Waals surface area (Å²) in [6.07, 6.45) is 0.520. The Morgan fingerprint density at radius 2 is 1.62 bits per heavy atom. The number of nitrogens with one attached hydrogen (secondary N) is 1. The molecule has 3 aromatic carbocycles. The van der Waals surface area contributed by atoms with Gasteiger partial charge in [0.25, 0.3) is 0 Å². The maximum absolute atomic E-state index is 13.0. The van der Waals surface area contributed by atoms with Crippen LogP contribution in [0.15, 0.2) is 72.8 Å². The quantitative estimate of drug-likeness (QED) is 0.492. The van der Waals surface area contributed by atoms with E-state index in [-0.39, 0.29) is 23.5 Å². The molecule has 0 aliphatic carbocycles. The summed E-state index contributed by atoms with van der Waals surface area (Å²) in [7, 11) is 1.35. The van der Waals surface area contributed by atoms with Crippen LogP contribution in [-0.2, 0) is 25.5 Å². The van der Waals surface area contributed by atoms with Crippen LogP contribution < -0.4 is 5.32 Å². The molecule has 3 aromatic rings. The number of carbonyl (C=O) groups excluding carboxylic acids is 3. The van der Waals surface area contributed by atoms with Crippen LogP contribution in [0.3, 0.4) is 0 Å². The van der Waals surface area contributed by atoms with Crippen LogP contribution in [0.5, 0.6) is 0 Å². The fraction of sp³-hybridized carbons (Fsp3) is 0.269. The molecule has 32 heavy (non-hydrogen) atoms. The van der Waals surface area contributed by atoms with Gasteiger partial charge in [0.05, 0.1) is 18.9 Å². The van der Waals surface area contributed by atoms with Gasteiger partial charge in [0.1, 0.15) is 0 Å². The number of hydrogen-bond donors (Lipinski definition) is 1. The molecular formula is C26H27NO4S. The van der Waals surface area contributed by atoms with Crippen LogP contribution >= 0.6 is 11.8 Å². The van der Waals surface area contributed by atoms with Gasteiger partial charge in [-0.05, 0) is 28.3 Å². The number of esters is 1. The monoisotopic (exact) mass is 449 g/mol. The van der Waals surface area contributed by atoms with E-state index in [9.17, 15) is 14.4 Å². The molecule has 0 bridgehead atoms. The van der Waals surface area contributed by atoms with Crippen molar-refractivity contribution in [3.8, 4) is 0 Å². The second-order valence-electron chi connectivity index (χ2n) is 7.62. The van der Waals surface area contributed by atoms with Gasteiger partial charge in [0, 0.05) is 19.2 Å². The van der Waals surface area contributed by atoms with Crippen molar-refractivity contribution in [2.45, 2.75) is 19.3 Å². The van der Waals surface area contributed by atoms with E-state index in [1.165, 1.54) is 14.0 Å². The van der Waals surface area contributed by atoms with E-state index in [0.717, 1.165) is 33.7 Å². The Kier molecular flexibility index (Phi) is 8.45. The molecule has 0 saturated carbocycles. The zero-order chi connectivity index (χ0) is 22.9. The molecule has 0 aliphatic heterocycles. The standard InChI is InChI=1S/C26H27NO4S/c1-18(28)32-17-23(14-19-8-4-3-5-9-19)25(29)27-16-24(26(30)31-2)22-13-12-20-10-6-7-11-21(20)15-22/h3-13,15,23-24H,14,16-17H2,1-2H3,(H,27,29). The van der Waals surface area contributed by atoms with Crippen LogP contribution in [0.2, 0.25) is 0 Å². The van der Waals surface area contributed by atoms with Gasteiger partial charge >= 0.3 is 5.97 Å². The minimum Gasteiger partial charge on any atom is -0.468 e. The van der Waals surface area contributed by atoms with E-state index in [1.807, 2.05) is 72.8 Å². The molecule has 0 aliphatic rings. The molecule has 0 aromatic heterocycles. The van der Waals surface area contributed by atoms with Crippen LogP contribution in [-0.4, -0.2) is 36.4 Å². The number of fused-ring (bicyclic) bond motifs is 1. The van der Waals surface area contributed by atoms with Crippen molar-refractivity contribution in [3.63, 3.8) is 0 Å². The van der Waals surface area contributed by atoms with Crippen LogP contribution in [0.25, 0.3) is 10.8 Å². The second kappa shape index (κ2) is 11.5. The Morgan fingerprint density at radius 1 is 0.938 bits per heavy atom.